The Morgan fingerprint density at radius 1 is 1.16 bits per heavy atom. The fourth-order valence-electron chi connectivity index (χ4n) is 2.43. The van der Waals surface area contributed by atoms with Gasteiger partial charge in [-0.05, 0) is 36.8 Å². The number of pyridine rings is 1. The summed E-state index contributed by atoms with van der Waals surface area (Å²) in [7, 11) is 0. The molecule has 0 bridgehead atoms. The van der Waals surface area contributed by atoms with Gasteiger partial charge in [0.1, 0.15) is 18.9 Å². The van der Waals surface area contributed by atoms with Crippen molar-refractivity contribution >= 4 is 5.91 Å². The van der Waals surface area contributed by atoms with E-state index < -0.39 is 17.8 Å². The van der Waals surface area contributed by atoms with Crippen LogP contribution in [-0.2, 0) is 12.7 Å². The predicted octanol–water partition coefficient (Wildman–Crippen LogP) is 3.11. The minimum atomic E-state index is -4.54. The van der Waals surface area contributed by atoms with E-state index in [4.69, 9.17) is 9.47 Å². The van der Waals surface area contributed by atoms with Gasteiger partial charge in [-0.15, -0.1) is 0 Å². The van der Waals surface area contributed by atoms with Gasteiger partial charge in [0, 0.05) is 6.54 Å². The molecule has 0 saturated carbocycles. The molecule has 1 aromatic heterocycles. The van der Waals surface area contributed by atoms with Crippen molar-refractivity contribution in [3.8, 4) is 11.5 Å². The zero-order chi connectivity index (χ0) is 18.0. The second-order valence-electron chi connectivity index (χ2n) is 5.49. The highest BCUT2D eigenvalue weighted by Gasteiger charge is 2.33. The van der Waals surface area contributed by atoms with E-state index >= 15 is 0 Å². The fourth-order valence-corrected chi connectivity index (χ4v) is 2.43. The van der Waals surface area contributed by atoms with Crippen LogP contribution in [0.3, 0.4) is 0 Å². The van der Waals surface area contributed by atoms with Gasteiger partial charge in [-0.1, -0.05) is 6.07 Å². The van der Waals surface area contributed by atoms with Gasteiger partial charge in [-0.2, -0.15) is 13.2 Å². The van der Waals surface area contributed by atoms with Gasteiger partial charge in [-0.25, -0.2) is 4.98 Å². The van der Waals surface area contributed by atoms with Crippen LogP contribution in [0.4, 0.5) is 13.2 Å². The molecule has 0 aliphatic carbocycles. The van der Waals surface area contributed by atoms with Crippen LogP contribution in [0.15, 0.2) is 30.3 Å². The van der Waals surface area contributed by atoms with Crippen LogP contribution < -0.4 is 14.8 Å². The van der Waals surface area contributed by atoms with Crippen LogP contribution in [0.2, 0.25) is 0 Å². The van der Waals surface area contributed by atoms with Crippen molar-refractivity contribution in [2.75, 3.05) is 13.2 Å². The van der Waals surface area contributed by atoms with Crippen LogP contribution in [0.5, 0.6) is 11.5 Å². The van der Waals surface area contributed by atoms with E-state index in [1.54, 1.807) is 18.2 Å². The number of ether oxygens (including phenoxy) is 2. The SMILES string of the molecule is Cc1nc(C(F)(F)F)ccc1C(=O)NCc1ccc2c(c1)OCCO2. The average molecular weight is 352 g/mol. The molecule has 1 aliphatic heterocycles. The van der Waals surface area contributed by atoms with Crippen LogP contribution >= 0.6 is 0 Å². The van der Waals surface area contributed by atoms with Gasteiger partial charge in [0.15, 0.2) is 11.5 Å². The van der Waals surface area contributed by atoms with E-state index in [0.29, 0.717) is 24.7 Å². The zero-order valence-electron chi connectivity index (χ0n) is 13.3. The third kappa shape index (κ3) is 3.84. The lowest BCUT2D eigenvalue weighted by Gasteiger charge is -2.19. The number of alkyl halides is 3. The summed E-state index contributed by atoms with van der Waals surface area (Å²) in [6.45, 7) is 2.52. The Morgan fingerprint density at radius 2 is 1.88 bits per heavy atom. The Hall–Kier alpha value is -2.77. The number of rotatable bonds is 3. The normalized spacial score (nSPS) is 13.4. The average Bonchev–Trinajstić information content (AvgIpc) is 2.58. The summed E-state index contributed by atoms with van der Waals surface area (Å²) in [6, 6.07) is 7.22. The zero-order valence-corrected chi connectivity index (χ0v) is 13.3. The number of nitrogens with one attached hydrogen (secondary N) is 1. The molecular weight excluding hydrogens is 337 g/mol. The molecule has 3 rings (SSSR count). The maximum atomic E-state index is 12.6. The Bertz CT molecular complexity index is 806. The lowest BCUT2D eigenvalue weighted by atomic mass is 10.1. The number of aryl methyl sites for hydroxylation is 1. The van der Waals surface area contributed by atoms with Gasteiger partial charge >= 0.3 is 6.18 Å². The number of amides is 1. The summed E-state index contributed by atoms with van der Waals surface area (Å²) in [5.41, 5.74) is -0.108. The first kappa shape index (κ1) is 17.1. The number of fused-ring (bicyclic) bond motifs is 1. The molecule has 2 heterocycles. The summed E-state index contributed by atoms with van der Waals surface area (Å²) in [4.78, 5) is 15.7. The first-order chi connectivity index (χ1) is 11.8. The molecule has 5 nitrogen and oxygen atoms in total. The van der Waals surface area contributed by atoms with E-state index in [2.05, 4.69) is 10.3 Å². The Balaban J connectivity index is 1.68. The summed E-state index contributed by atoms with van der Waals surface area (Å²) in [5.74, 6) is 0.753. The highest BCUT2D eigenvalue weighted by molar-refractivity contribution is 5.95. The first-order valence-corrected chi connectivity index (χ1v) is 7.56. The molecule has 0 fully saturated rings. The topological polar surface area (TPSA) is 60.5 Å². The molecular formula is C17H15F3N2O3. The third-order valence-corrected chi connectivity index (χ3v) is 3.68. The molecule has 0 atom stereocenters. The highest BCUT2D eigenvalue weighted by Crippen LogP contribution is 2.31. The lowest BCUT2D eigenvalue weighted by Crippen LogP contribution is -2.24. The van der Waals surface area contributed by atoms with Crippen molar-refractivity contribution < 1.29 is 27.4 Å². The van der Waals surface area contributed by atoms with Gasteiger partial charge in [0.05, 0.1) is 11.3 Å². The lowest BCUT2D eigenvalue weighted by molar-refractivity contribution is -0.141. The molecule has 132 valence electrons. The largest absolute Gasteiger partial charge is 0.486 e. The smallest absolute Gasteiger partial charge is 0.433 e. The maximum Gasteiger partial charge on any atom is 0.433 e. The minimum absolute atomic E-state index is 0.0227. The Labute approximate surface area is 141 Å². The van der Waals surface area contributed by atoms with E-state index in [9.17, 15) is 18.0 Å². The molecule has 1 aromatic carbocycles. The maximum absolute atomic E-state index is 12.6. The summed E-state index contributed by atoms with van der Waals surface area (Å²) >= 11 is 0. The van der Waals surface area contributed by atoms with Gasteiger partial charge in [-0.3, -0.25) is 4.79 Å². The van der Waals surface area contributed by atoms with Crippen LogP contribution in [0, 0.1) is 6.92 Å². The van der Waals surface area contributed by atoms with Crippen molar-refractivity contribution in [3.63, 3.8) is 0 Å². The highest BCUT2D eigenvalue weighted by atomic mass is 19.4. The molecule has 0 unspecified atom stereocenters. The number of hydrogen-bond acceptors (Lipinski definition) is 4. The standard InChI is InChI=1S/C17H15F3N2O3/c1-10-12(3-5-15(22-10)17(18,19)20)16(23)21-9-11-2-4-13-14(8-11)25-7-6-24-13/h2-5,8H,6-7,9H2,1H3,(H,21,23). The predicted molar refractivity (Wildman–Crippen MR) is 82.6 cm³/mol. The molecule has 0 spiro atoms. The monoisotopic (exact) mass is 352 g/mol. The molecule has 1 N–H and O–H groups in total. The third-order valence-electron chi connectivity index (χ3n) is 3.68. The summed E-state index contributed by atoms with van der Waals surface area (Å²) in [5, 5.41) is 2.66. The molecule has 1 amide bonds. The number of nitrogens with zero attached hydrogens (tertiary/aromatic N) is 1. The van der Waals surface area contributed by atoms with Crippen molar-refractivity contribution in [1.82, 2.24) is 10.3 Å². The number of aromatic nitrogens is 1. The van der Waals surface area contributed by atoms with Crippen LogP contribution in [-0.4, -0.2) is 24.1 Å². The van der Waals surface area contributed by atoms with Crippen molar-refractivity contribution in [2.45, 2.75) is 19.6 Å². The minimum Gasteiger partial charge on any atom is -0.486 e. The van der Waals surface area contributed by atoms with Crippen molar-refractivity contribution in [1.29, 1.82) is 0 Å². The van der Waals surface area contributed by atoms with Crippen molar-refractivity contribution in [3.05, 3.63) is 52.8 Å². The second kappa shape index (κ2) is 6.62. The second-order valence-corrected chi connectivity index (χ2v) is 5.49. The van der Waals surface area contributed by atoms with Gasteiger partial charge < -0.3 is 14.8 Å². The van der Waals surface area contributed by atoms with E-state index in [0.717, 1.165) is 17.7 Å². The molecule has 25 heavy (non-hydrogen) atoms. The summed E-state index contributed by atoms with van der Waals surface area (Å²) < 4.78 is 48.7. The summed E-state index contributed by atoms with van der Waals surface area (Å²) in [6.07, 6.45) is -4.54. The molecule has 8 heteroatoms. The molecule has 2 aromatic rings. The van der Waals surface area contributed by atoms with Crippen LogP contribution in [0.25, 0.3) is 0 Å². The quantitative estimate of drug-likeness (QED) is 0.922. The number of carbonyl (C=O) groups excluding carboxylic acids is 1. The Morgan fingerprint density at radius 3 is 2.56 bits per heavy atom. The molecule has 1 aliphatic rings. The van der Waals surface area contributed by atoms with E-state index in [1.165, 1.54) is 6.92 Å². The van der Waals surface area contributed by atoms with Crippen LogP contribution in [0.1, 0.15) is 27.3 Å². The number of hydrogen-bond donors (Lipinski definition) is 1. The number of halogens is 3. The van der Waals surface area contributed by atoms with Crippen molar-refractivity contribution in [2.24, 2.45) is 0 Å². The Kier molecular flexibility index (Phi) is 4.52. The number of benzene rings is 1. The first-order valence-electron chi connectivity index (χ1n) is 7.56. The van der Waals surface area contributed by atoms with Gasteiger partial charge in [0.25, 0.3) is 5.91 Å². The van der Waals surface area contributed by atoms with E-state index in [-0.39, 0.29) is 17.8 Å². The van der Waals surface area contributed by atoms with Gasteiger partial charge in [0.2, 0.25) is 0 Å². The molecule has 0 radical (unpaired) electrons. The molecule has 0 saturated heterocycles. The fraction of sp³-hybridized carbons (Fsp3) is 0.294. The van der Waals surface area contributed by atoms with E-state index in [1.807, 2.05) is 0 Å². The number of carbonyl (C=O) groups is 1.